The van der Waals surface area contributed by atoms with Crippen LogP contribution in [0.4, 0.5) is 0 Å². The topological polar surface area (TPSA) is 50.8 Å². The lowest BCUT2D eigenvalue weighted by molar-refractivity contribution is 0.328. The van der Waals surface area contributed by atoms with Crippen LogP contribution in [0.25, 0.3) is 11.2 Å². The van der Waals surface area contributed by atoms with Gasteiger partial charge in [0.2, 0.25) is 5.88 Å². The fourth-order valence-electron chi connectivity index (χ4n) is 2.52. The van der Waals surface area contributed by atoms with Crippen LogP contribution in [0, 0.1) is 0 Å². The van der Waals surface area contributed by atoms with E-state index in [9.17, 15) is 0 Å². The molecule has 0 saturated heterocycles. The van der Waals surface area contributed by atoms with Crippen molar-refractivity contribution in [3.05, 3.63) is 18.0 Å². The molecule has 0 aliphatic rings. The minimum absolute atomic E-state index is 0.633. The van der Waals surface area contributed by atoms with Crippen molar-refractivity contribution in [1.82, 2.24) is 15.0 Å². The first-order chi connectivity index (χ1) is 10.3. The number of H-pyrrole nitrogens is 1. The first-order valence-electron chi connectivity index (χ1n) is 8.32. The molecule has 2 aromatic rings. The summed E-state index contributed by atoms with van der Waals surface area (Å²) < 4.78 is 5.40. The molecule has 2 rings (SSSR count). The summed E-state index contributed by atoms with van der Waals surface area (Å²) in [6.07, 6.45) is 10.3. The number of aromatic nitrogens is 3. The van der Waals surface area contributed by atoms with Crippen LogP contribution >= 0.6 is 0 Å². The predicted molar refractivity (Wildman–Crippen MR) is 86.8 cm³/mol. The van der Waals surface area contributed by atoms with E-state index in [4.69, 9.17) is 4.74 Å². The third-order valence-electron chi connectivity index (χ3n) is 3.68. The Labute approximate surface area is 127 Å². The van der Waals surface area contributed by atoms with Gasteiger partial charge in [0.25, 0.3) is 0 Å². The molecule has 0 bridgehead atoms. The molecule has 4 nitrogen and oxygen atoms in total. The standard InChI is InChI=1S/C17H27N3O/c1-3-5-6-7-8-9-10-11-15-18-14-12-13-16(21-4-2)20-17(14)19-15/h12-13H,3-11H2,1-2H3,(H,18,19,20). The van der Waals surface area contributed by atoms with Crippen molar-refractivity contribution >= 4 is 11.2 Å². The van der Waals surface area contributed by atoms with Gasteiger partial charge in [-0.25, -0.2) is 4.98 Å². The molecule has 2 heterocycles. The normalized spacial score (nSPS) is 11.1. The summed E-state index contributed by atoms with van der Waals surface area (Å²) in [6.45, 7) is 4.85. The van der Waals surface area contributed by atoms with Crippen molar-refractivity contribution in [2.45, 2.75) is 65.2 Å². The van der Waals surface area contributed by atoms with Gasteiger partial charge in [-0.1, -0.05) is 45.4 Å². The van der Waals surface area contributed by atoms with Crippen molar-refractivity contribution in [3.63, 3.8) is 0 Å². The number of fused-ring (bicyclic) bond motifs is 1. The number of aryl methyl sites for hydroxylation is 1. The van der Waals surface area contributed by atoms with E-state index in [0.29, 0.717) is 12.5 Å². The number of rotatable bonds is 10. The molecule has 0 fully saturated rings. The zero-order valence-corrected chi connectivity index (χ0v) is 13.3. The highest BCUT2D eigenvalue weighted by molar-refractivity contribution is 5.71. The number of unbranched alkanes of at least 4 members (excludes halogenated alkanes) is 6. The van der Waals surface area contributed by atoms with Crippen LogP contribution in [0.2, 0.25) is 0 Å². The van der Waals surface area contributed by atoms with Gasteiger partial charge in [-0.3, -0.25) is 0 Å². The zero-order valence-electron chi connectivity index (χ0n) is 13.3. The highest BCUT2D eigenvalue weighted by Gasteiger charge is 2.05. The molecular formula is C17H27N3O. The van der Waals surface area contributed by atoms with Crippen LogP contribution in [0.3, 0.4) is 0 Å². The molecule has 0 atom stereocenters. The van der Waals surface area contributed by atoms with Crippen molar-refractivity contribution in [1.29, 1.82) is 0 Å². The van der Waals surface area contributed by atoms with Crippen molar-refractivity contribution < 1.29 is 4.74 Å². The van der Waals surface area contributed by atoms with E-state index >= 15 is 0 Å². The van der Waals surface area contributed by atoms with Crippen LogP contribution in [0.15, 0.2) is 12.1 Å². The molecule has 0 aliphatic heterocycles. The van der Waals surface area contributed by atoms with Gasteiger partial charge in [0.05, 0.1) is 12.1 Å². The maximum atomic E-state index is 5.40. The first kappa shape index (κ1) is 15.8. The molecule has 21 heavy (non-hydrogen) atoms. The number of pyridine rings is 1. The Hall–Kier alpha value is -1.58. The number of nitrogens with one attached hydrogen (secondary N) is 1. The SMILES string of the molecule is CCCCCCCCCc1nc2nc(OCC)ccc2[nH]1. The number of imidazole rings is 1. The second-order valence-corrected chi connectivity index (χ2v) is 5.51. The van der Waals surface area contributed by atoms with E-state index in [1.54, 1.807) is 0 Å². The van der Waals surface area contributed by atoms with Gasteiger partial charge in [0.1, 0.15) is 5.82 Å². The van der Waals surface area contributed by atoms with Crippen LogP contribution < -0.4 is 4.74 Å². The van der Waals surface area contributed by atoms with Gasteiger partial charge in [0, 0.05) is 12.5 Å². The number of hydrogen-bond acceptors (Lipinski definition) is 3. The van der Waals surface area contributed by atoms with E-state index < -0.39 is 0 Å². The minimum atomic E-state index is 0.633. The largest absolute Gasteiger partial charge is 0.478 e. The van der Waals surface area contributed by atoms with Crippen LogP contribution in [-0.4, -0.2) is 21.6 Å². The monoisotopic (exact) mass is 289 g/mol. The molecule has 0 saturated carbocycles. The Balaban J connectivity index is 1.77. The summed E-state index contributed by atoms with van der Waals surface area (Å²) in [6, 6.07) is 3.89. The molecular weight excluding hydrogens is 262 g/mol. The van der Waals surface area contributed by atoms with Crippen molar-refractivity contribution in [2.75, 3.05) is 6.61 Å². The maximum absolute atomic E-state index is 5.40. The summed E-state index contributed by atoms with van der Waals surface area (Å²) in [5.41, 5.74) is 1.76. The maximum Gasteiger partial charge on any atom is 0.215 e. The molecule has 4 heteroatoms. The molecule has 116 valence electrons. The third kappa shape index (κ3) is 5.03. The average molecular weight is 289 g/mol. The predicted octanol–water partition coefficient (Wildman–Crippen LogP) is 4.65. The summed E-state index contributed by atoms with van der Waals surface area (Å²) in [7, 11) is 0. The Morgan fingerprint density at radius 1 is 0.952 bits per heavy atom. The Morgan fingerprint density at radius 2 is 1.71 bits per heavy atom. The van der Waals surface area contributed by atoms with Gasteiger partial charge in [0.15, 0.2) is 5.65 Å². The summed E-state index contributed by atoms with van der Waals surface area (Å²) in [5.74, 6) is 1.69. The van der Waals surface area contributed by atoms with Gasteiger partial charge < -0.3 is 9.72 Å². The lowest BCUT2D eigenvalue weighted by Crippen LogP contribution is -1.93. The third-order valence-corrected chi connectivity index (χ3v) is 3.68. The molecule has 2 aromatic heterocycles. The molecule has 0 radical (unpaired) electrons. The van der Waals surface area contributed by atoms with E-state index in [1.165, 1.54) is 44.9 Å². The van der Waals surface area contributed by atoms with E-state index in [-0.39, 0.29) is 0 Å². The molecule has 0 amide bonds. The number of aromatic amines is 1. The van der Waals surface area contributed by atoms with E-state index in [2.05, 4.69) is 21.9 Å². The molecule has 0 spiro atoms. The zero-order chi connectivity index (χ0) is 14.9. The number of hydrogen-bond donors (Lipinski definition) is 1. The number of nitrogens with zero attached hydrogens (tertiary/aromatic N) is 2. The van der Waals surface area contributed by atoms with Crippen LogP contribution in [-0.2, 0) is 6.42 Å². The lowest BCUT2D eigenvalue weighted by atomic mass is 10.1. The summed E-state index contributed by atoms with van der Waals surface area (Å²) in [5, 5.41) is 0. The van der Waals surface area contributed by atoms with E-state index in [0.717, 1.165) is 23.4 Å². The van der Waals surface area contributed by atoms with Gasteiger partial charge in [-0.05, 0) is 19.4 Å². The number of ether oxygens (including phenoxy) is 1. The Morgan fingerprint density at radius 3 is 2.48 bits per heavy atom. The summed E-state index contributed by atoms with van der Waals surface area (Å²) in [4.78, 5) is 12.3. The fourth-order valence-corrected chi connectivity index (χ4v) is 2.52. The summed E-state index contributed by atoms with van der Waals surface area (Å²) >= 11 is 0. The van der Waals surface area contributed by atoms with Crippen molar-refractivity contribution in [2.24, 2.45) is 0 Å². The highest BCUT2D eigenvalue weighted by atomic mass is 16.5. The highest BCUT2D eigenvalue weighted by Crippen LogP contribution is 2.16. The average Bonchev–Trinajstić information content (AvgIpc) is 2.88. The fraction of sp³-hybridized carbons (Fsp3) is 0.647. The second-order valence-electron chi connectivity index (χ2n) is 5.51. The molecule has 0 aromatic carbocycles. The van der Waals surface area contributed by atoms with Gasteiger partial charge in [-0.15, -0.1) is 0 Å². The quantitative estimate of drug-likeness (QED) is 0.648. The molecule has 0 aliphatic carbocycles. The van der Waals surface area contributed by atoms with Crippen LogP contribution in [0.5, 0.6) is 5.88 Å². The minimum Gasteiger partial charge on any atom is -0.478 e. The molecule has 1 N–H and O–H groups in total. The molecule has 0 unspecified atom stereocenters. The van der Waals surface area contributed by atoms with Gasteiger partial charge >= 0.3 is 0 Å². The lowest BCUT2D eigenvalue weighted by Gasteiger charge is -1.99. The van der Waals surface area contributed by atoms with Crippen LogP contribution in [0.1, 0.15) is 64.6 Å². The second kappa shape index (κ2) is 8.65. The van der Waals surface area contributed by atoms with Crippen molar-refractivity contribution in [3.8, 4) is 5.88 Å². The van der Waals surface area contributed by atoms with E-state index in [1.807, 2.05) is 19.1 Å². The first-order valence-corrected chi connectivity index (χ1v) is 8.32. The smallest absolute Gasteiger partial charge is 0.215 e. The Kier molecular flexibility index (Phi) is 6.51. The Bertz CT molecular complexity index is 536. The van der Waals surface area contributed by atoms with Gasteiger partial charge in [-0.2, -0.15) is 4.98 Å².